The molecule has 1 atom stereocenters. The molecule has 0 saturated heterocycles. The quantitative estimate of drug-likeness (QED) is 0.697. The van der Waals surface area contributed by atoms with Crippen LogP contribution in [0.1, 0.15) is 32.3 Å². The molecule has 0 aliphatic heterocycles. The second-order valence-corrected chi connectivity index (χ2v) is 6.56. The van der Waals surface area contributed by atoms with Gasteiger partial charge in [0.1, 0.15) is 12.4 Å². The van der Waals surface area contributed by atoms with Crippen molar-refractivity contribution in [2.45, 2.75) is 39.3 Å². The fraction of sp³-hybridized carbons (Fsp3) is 0.529. The minimum atomic E-state index is -0.444. The molecule has 23 heavy (non-hydrogen) atoms. The zero-order chi connectivity index (χ0) is 16.8. The highest BCUT2D eigenvalue weighted by Crippen LogP contribution is 2.15. The van der Waals surface area contributed by atoms with E-state index in [0.717, 1.165) is 23.3 Å². The fourth-order valence-corrected chi connectivity index (χ4v) is 2.43. The van der Waals surface area contributed by atoms with E-state index >= 15 is 0 Å². The molecule has 5 nitrogen and oxygen atoms in total. The molecule has 1 unspecified atom stereocenters. The molecule has 6 heteroatoms. The number of benzene rings is 1. The number of carbonyl (C=O) groups is 2. The molecule has 2 rings (SSSR count). The van der Waals surface area contributed by atoms with Crippen molar-refractivity contribution in [3.05, 3.63) is 35.6 Å². The number of nitrogens with one attached hydrogen (secondary N) is 3. The van der Waals surface area contributed by atoms with Gasteiger partial charge in [0, 0.05) is 24.9 Å². The number of halogens is 1. The fourth-order valence-electron chi connectivity index (χ4n) is 2.43. The second kappa shape index (κ2) is 8.06. The number of hydrogen-bond acceptors (Lipinski definition) is 2. The van der Waals surface area contributed by atoms with Gasteiger partial charge in [0.05, 0.1) is 6.04 Å². The standard InChI is InChI=1S/C17H24FN3O2/c1-12(2)9-19-17(23)20-16(22)11-21(15-7-8-15)10-13-3-5-14(18)6-4-13/h3-6,12,15H,7-11H2,1-2H3,(H2,19,20,22,23)/p+1. The van der Waals surface area contributed by atoms with Gasteiger partial charge in [-0.15, -0.1) is 0 Å². The van der Waals surface area contributed by atoms with Gasteiger partial charge in [-0.3, -0.25) is 10.1 Å². The summed E-state index contributed by atoms with van der Waals surface area (Å²) in [6.45, 7) is 5.42. The molecule has 0 radical (unpaired) electrons. The molecule has 1 aliphatic rings. The van der Waals surface area contributed by atoms with Crippen LogP contribution in [0.2, 0.25) is 0 Å². The Balaban J connectivity index is 1.83. The molecule has 0 aromatic heterocycles. The first kappa shape index (κ1) is 17.4. The summed E-state index contributed by atoms with van der Waals surface area (Å²) >= 11 is 0. The van der Waals surface area contributed by atoms with Crippen molar-refractivity contribution < 1.29 is 18.9 Å². The summed E-state index contributed by atoms with van der Waals surface area (Å²) in [5, 5.41) is 5.04. The molecule has 1 fully saturated rings. The number of hydrogen-bond donors (Lipinski definition) is 3. The largest absolute Gasteiger partial charge is 0.338 e. The van der Waals surface area contributed by atoms with Crippen LogP contribution in [0, 0.1) is 11.7 Å². The van der Waals surface area contributed by atoms with Gasteiger partial charge in [-0.2, -0.15) is 0 Å². The zero-order valence-corrected chi connectivity index (χ0v) is 13.7. The first-order chi connectivity index (χ1) is 10.9. The van der Waals surface area contributed by atoms with Gasteiger partial charge in [-0.05, 0) is 18.1 Å². The number of quaternary nitrogens is 1. The Kier molecular flexibility index (Phi) is 6.10. The average molecular weight is 322 g/mol. The number of carbonyl (C=O) groups excluding carboxylic acids is 2. The molecule has 1 aliphatic carbocycles. The molecule has 0 heterocycles. The summed E-state index contributed by atoms with van der Waals surface area (Å²) in [6, 6.07) is 6.35. The summed E-state index contributed by atoms with van der Waals surface area (Å²) in [7, 11) is 0. The van der Waals surface area contributed by atoms with E-state index in [-0.39, 0.29) is 18.3 Å². The van der Waals surface area contributed by atoms with Crippen LogP contribution >= 0.6 is 0 Å². The second-order valence-electron chi connectivity index (χ2n) is 6.56. The smallest absolute Gasteiger partial charge is 0.321 e. The predicted octanol–water partition coefficient (Wildman–Crippen LogP) is 0.855. The summed E-state index contributed by atoms with van der Waals surface area (Å²) in [5.74, 6) is -0.209. The molecule has 0 bridgehead atoms. The van der Waals surface area contributed by atoms with Crippen LogP contribution in [0.25, 0.3) is 0 Å². The molecule has 3 N–H and O–H groups in total. The Morgan fingerprint density at radius 3 is 2.48 bits per heavy atom. The molecule has 1 aromatic rings. The molecule has 1 aromatic carbocycles. The first-order valence-electron chi connectivity index (χ1n) is 8.10. The van der Waals surface area contributed by atoms with Crippen LogP contribution < -0.4 is 15.5 Å². The highest BCUT2D eigenvalue weighted by molar-refractivity contribution is 5.94. The Morgan fingerprint density at radius 2 is 1.91 bits per heavy atom. The highest BCUT2D eigenvalue weighted by atomic mass is 19.1. The number of urea groups is 1. The third kappa shape index (κ3) is 6.36. The van der Waals surface area contributed by atoms with Crippen LogP contribution in [-0.4, -0.2) is 31.1 Å². The lowest BCUT2D eigenvalue weighted by Crippen LogP contribution is -3.13. The maximum absolute atomic E-state index is 13.0. The third-order valence-corrected chi connectivity index (χ3v) is 3.81. The van der Waals surface area contributed by atoms with E-state index in [1.807, 2.05) is 13.8 Å². The number of rotatable bonds is 7. The molecular formula is C17H25FN3O2+. The van der Waals surface area contributed by atoms with E-state index < -0.39 is 6.03 Å². The lowest BCUT2D eigenvalue weighted by molar-refractivity contribution is -0.917. The van der Waals surface area contributed by atoms with Crippen molar-refractivity contribution >= 4 is 11.9 Å². The Hall–Kier alpha value is -1.95. The normalized spacial score (nSPS) is 15.3. The molecule has 1 saturated carbocycles. The SMILES string of the molecule is CC(C)CNC(=O)NC(=O)C[NH+](Cc1ccc(F)cc1)C1CC1. The summed E-state index contributed by atoms with van der Waals surface area (Å²) in [5.41, 5.74) is 0.991. The Bertz CT molecular complexity index is 541. The Labute approximate surface area is 136 Å². The van der Waals surface area contributed by atoms with Gasteiger partial charge in [-0.25, -0.2) is 9.18 Å². The van der Waals surface area contributed by atoms with E-state index in [0.29, 0.717) is 25.0 Å². The van der Waals surface area contributed by atoms with E-state index in [1.165, 1.54) is 12.1 Å². The van der Waals surface area contributed by atoms with Gasteiger partial charge in [0.2, 0.25) is 0 Å². The topological polar surface area (TPSA) is 62.6 Å². The van der Waals surface area contributed by atoms with Gasteiger partial charge < -0.3 is 10.2 Å². The highest BCUT2D eigenvalue weighted by Gasteiger charge is 2.34. The van der Waals surface area contributed by atoms with Crippen LogP contribution in [0.15, 0.2) is 24.3 Å². The van der Waals surface area contributed by atoms with Crippen molar-refractivity contribution in [2.24, 2.45) is 5.92 Å². The van der Waals surface area contributed by atoms with E-state index in [1.54, 1.807) is 12.1 Å². The van der Waals surface area contributed by atoms with Gasteiger partial charge >= 0.3 is 6.03 Å². The molecule has 3 amide bonds. The predicted molar refractivity (Wildman–Crippen MR) is 85.3 cm³/mol. The van der Waals surface area contributed by atoms with Gasteiger partial charge in [0.15, 0.2) is 6.54 Å². The first-order valence-corrected chi connectivity index (χ1v) is 8.10. The molecule has 0 spiro atoms. The van der Waals surface area contributed by atoms with Crippen LogP contribution in [-0.2, 0) is 11.3 Å². The maximum Gasteiger partial charge on any atom is 0.321 e. The van der Waals surface area contributed by atoms with E-state index in [9.17, 15) is 14.0 Å². The van der Waals surface area contributed by atoms with Crippen LogP contribution in [0.3, 0.4) is 0 Å². The minimum absolute atomic E-state index is 0.247. The lowest BCUT2D eigenvalue weighted by Gasteiger charge is -2.18. The third-order valence-electron chi connectivity index (χ3n) is 3.81. The number of imide groups is 1. The summed E-state index contributed by atoms with van der Waals surface area (Å²) in [4.78, 5) is 24.8. The van der Waals surface area contributed by atoms with Gasteiger partial charge in [0.25, 0.3) is 5.91 Å². The van der Waals surface area contributed by atoms with Crippen LogP contribution in [0.4, 0.5) is 9.18 Å². The zero-order valence-electron chi connectivity index (χ0n) is 13.7. The van der Waals surface area contributed by atoms with Crippen LogP contribution in [0.5, 0.6) is 0 Å². The van der Waals surface area contributed by atoms with Crippen molar-refractivity contribution in [1.29, 1.82) is 0 Å². The minimum Gasteiger partial charge on any atom is -0.338 e. The van der Waals surface area contributed by atoms with Gasteiger partial charge in [-0.1, -0.05) is 26.0 Å². The number of amides is 3. The van der Waals surface area contributed by atoms with Crippen molar-refractivity contribution in [3.63, 3.8) is 0 Å². The van der Waals surface area contributed by atoms with Crippen molar-refractivity contribution in [3.8, 4) is 0 Å². The Morgan fingerprint density at radius 1 is 1.26 bits per heavy atom. The van der Waals surface area contributed by atoms with E-state index in [4.69, 9.17) is 0 Å². The summed E-state index contributed by atoms with van der Waals surface area (Å²) in [6.07, 6.45) is 2.17. The molecule has 126 valence electrons. The maximum atomic E-state index is 13.0. The monoisotopic (exact) mass is 322 g/mol. The lowest BCUT2D eigenvalue weighted by atomic mass is 10.2. The summed E-state index contributed by atoms with van der Waals surface area (Å²) < 4.78 is 13.0. The van der Waals surface area contributed by atoms with E-state index in [2.05, 4.69) is 10.6 Å². The van der Waals surface area contributed by atoms with Crippen molar-refractivity contribution in [1.82, 2.24) is 10.6 Å². The van der Waals surface area contributed by atoms with Crippen molar-refractivity contribution in [2.75, 3.05) is 13.1 Å². The average Bonchev–Trinajstić information content (AvgIpc) is 3.31. The molecular weight excluding hydrogens is 297 g/mol.